The number of hydrogen-bond acceptors (Lipinski definition) is 2. The van der Waals surface area contributed by atoms with Crippen molar-refractivity contribution in [3.63, 3.8) is 0 Å². The highest BCUT2D eigenvalue weighted by molar-refractivity contribution is 5.21. The third-order valence-electron chi connectivity index (χ3n) is 2.21. The van der Waals surface area contributed by atoms with Gasteiger partial charge in [-0.15, -0.1) is 0 Å². The van der Waals surface area contributed by atoms with E-state index in [1.54, 1.807) is 0 Å². The lowest BCUT2D eigenvalue weighted by atomic mass is 10.0. The molecule has 0 spiro atoms. The average molecular weight is 255 g/mol. The van der Waals surface area contributed by atoms with Crippen molar-refractivity contribution in [1.29, 1.82) is 0 Å². The van der Waals surface area contributed by atoms with E-state index in [0.717, 1.165) is 12.1 Å². The Morgan fingerprint density at radius 3 is 2.35 bits per heavy atom. The van der Waals surface area contributed by atoms with Crippen LogP contribution >= 0.6 is 0 Å². The summed E-state index contributed by atoms with van der Waals surface area (Å²) < 4.78 is 62.2. The topological polar surface area (TPSA) is 46.2 Å². The molecule has 0 radical (unpaired) electrons. The van der Waals surface area contributed by atoms with Gasteiger partial charge in [0.25, 0.3) is 0 Å². The third-order valence-corrected chi connectivity index (χ3v) is 2.21. The predicted molar refractivity (Wildman–Crippen MR) is 50.0 cm³/mol. The number of benzene rings is 1. The van der Waals surface area contributed by atoms with Crippen molar-refractivity contribution in [1.82, 2.24) is 0 Å². The standard InChI is InChI=1S/C10H10F5NO/c11-5-1-2-7(12)6(3-5)8(17)4-9(16)10(13,14)15/h1-3,8-9,17H,4,16H2/t8-,9+/m0/s1. The van der Waals surface area contributed by atoms with E-state index in [-0.39, 0.29) is 0 Å². The van der Waals surface area contributed by atoms with Crippen molar-refractivity contribution >= 4 is 0 Å². The fraction of sp³-hybridized carbons (Fsp3) is 0.400. The Kier molecular flexibility index (Phi) is 4.05. The molecule has 0 saturated heterocycles. The van der Waals surface area contributed by atoms with Gasteiger partial charge >= 0.3 is 6.18 Å². The highest BCUT2D eigenvalue weighted by atomic mass is 19.4. The van der Waals surface area contributed by atoms with E-state index in [1.807, 2.05) is 0 Å². The van der Waals surface area contributed by atoms with Gasteiger partial charge in [0, 0.05) is 12.0 Å². The first kappa shape index (κ1) is 13.9. The zero-order valence-electron chi connectivity index (χ0n) is 8.51. The Morgan fingerprint density at radius 1 is 1.24 bits per heavy atom. The Morgan fingerprint density at radius 2 is 1.82 bits per heavy atom. The van der Waals surface area contributed by atoms with Gasteiger partial charge in [-0.2, -0.15) is 13.2 Å². The largest absolute Gasteiger partial charge is 0.403 e. The Bertz CT molecular complexity index is 393. The molecule has 0 amide bonds. The average Bonchev–Trinajstić information content (AvgIpc) is 2.20. The first-order valence-electron chi connectivity index (χ1n) is 4.67. The quantitative estimate of drug-likeness (QED) is 0.814. The van der Waals surface area contributed by atoms with Gasteiger partial charge in [0.05, 0.1) is 6.10 Å². The third kappa shape index (κ3) is 3.64. The number of halogens is 5. The lowest BCUT2D eigenvalue weighted by Gasteiger charge is -2.19. The van der Waals surface area contributed by atoms with Gasteiger partial charge in [-0.25, -0.2) is 8.78 Å². The second kappa shape index (κ2) is 4.97. The molecule has 1 aromatic rings. The SMILES string of the molecule is N[C@H](C[C@H](O)c1cc(F)ccc1F)C(F)(F)F. The number of aliphatic hydroxyl groups is 1. The van der Waals surface area contributed by atoms with Gasteiger partial charge < -0.3 is 10.8 Å². The van der Waals surface area contributed by atoms with Crippen LogP contribution in [0.2, 0.25) is 0 Å². The maximum atomic E-state index is 13.1. The first-order valence-corrected chi connectivity index (χ1v) is 4.67. The van der Waals surface area contributed by atoms with Crippen molar-refractivity contribution in [3.05, 3.63) is 35.4 Å². The molecule has 2 atom stereocenters. The molecule has 0 heterocycles. The minimum atomic E-state index is -4.69. The number of hydrogen-bond donors (Lipinski definition) is 2. The van der Waals surface area contributed by atoms with Gasteiger partial charge in [-0.05, 0) is 18.2 Å². The maximum absolute atomic E-state index is 13.1. The number of rotatable bonds is 3. The monoisotopic (exact) mass is 255 g/mol. The van der Waals surface area contributed by atoms with Crippen LogP contribution in [0.3, 0.4) is 0 Å². The van der Waals surface area contributed by atoms with Gasteiger partial charge in [0.1, 0.15) is 17.7 Å². The Balaban J connectivity index is 2.83. The number of nitrogens with two attached hydrogens (primary N) is 1. The summed E-state index contributed by atoms with van der Waals surface area (Å²) in [4.78, 5) is 0. The smallest absolute Gasteiger partial charge is 0.388 e. The molecule has 96 valence electrons. The zero-order valence-corrected chi connectivity index (χ0v) is 8.51. The van der Waals surface area contributed by atoms with Gasteiger partial charge in [-0.1, -0.05) is 0 Å². The molecule has 1 aromatic carbocycles. The maximum Gasteiger partial charge on any atom is 0.403 e. The highest BCUT2D eigenvalue weighted by Gasteiger charge is 2.38. The van der Waals surface area contributed by atoms with Crippen molar-refractivity contribution in [2.45, 2.75) is 24.7 Å². The fourth-order valence-corrected chi connectivity index (χ4v) is 1.27. The lowest BCUT2D eigenvalue weighted by molar-refractivity contribution is -0.154. The van der Waals surface area contributed by atoms with Crippen molar-refractivity contribution in [2.24, 2.45) is 5.73 Å². The van der Waals surface area contributed by atoms with Crippen molar-refractivity contribution < 1.29 is 27.1 Å². The van der Waals surface area contributed by atoms with Crippen LogP contribution in [-0.2, 0) is 0 Å². The molecule has 0 aliphatic heterocycles. The summed E-state index contributed by atoms with van der Waals surface area (Å²) in [7, 11) is 0. The normalized spacial score (nSPS) is 15.7. The van der Waals surface area contributed by atoms with Gasteiger partial charge in [0.15, 0.2) is 0 Å². The van der Waals surface area contributed by atoms with Crippen LogP contribution in [0.25, 0.3) is 0 Å². The Labute approximate surface area is 93.9 Å². The van der Waals surface area contributed by atoms with Gasteiger partial charge in [-0.3, -0.25) is 0 Å². The van der Waals surface area contributed by atoms with Crippen molar-refractivity contribution in [2.75, 3.05) is 0 Å². The molecule has 2 nitrogen and oxygen atoms in total. The summed E-state index contributed by atoms with van der Waals surface area (Å²) in [5.41, 5.74) is 4.24. The number of alkyl halides is 3. The van der Waals surface area contributed by atoms with Crippen LogP contribution in [-0.4, -0.2) is 17.3 Å². The lowest BCUT2D eigenvalue weighted by Crippen LogP contribution is -2.38. The minimum Gasteiger partial charge on any atom is -0.388 e. The molecular weight excluding hydrogens is 245 g/mol. The van der Waals surface area contributed by atoms with E-state index in [0.29, 0.717) is 6.07 Å². The van der Waals surface area contributed by atoms with E-state index >= 15 is 0 Å². The van der Waals surface area contributed by atoms with Crippen LogP contribution in [0, 0.1) is 11.6 Å². The molecule has 1 rings (SSSR count). The molecule has 0 aliphatic rings. The summed E-state index contributed by atoms with van der Waals surface area (Å²) >= 11 is 0. The Hall–Kier alpha value is -1.21. The highest BCUT2D eigenvalue weighted by Crippen LogP contribution is 2.28. The minimum absolute atomic E-state index is 0.537. The van der Waals surface area contributed by atoms with E-state index in [2.05, 4.69) is 0 Å². The van der Waals surface area contributed by atoms with E-state index < -0.39 is 41.9 Å². The van der Waals surface area contributed by atoms with Crippen LogP contribution in [0.4, 0.5) is 22.0 Å². The first-order chi connectivity index (χ1) is 7.71. The van der Waals surface area contributed by atoms with Gasteiger partial charge in [0.2, 0.25) is 0 Å². The molecular formula is C10H10F5NO. The van der Waals surface area contributed by atoms with E-state index in [4.69, 9.17) is 5.73 Å². The molecule has 0 unspecified atom stereocenters. The van der Waals surface area contributed by atoms with Crippen LogP contribution in [0.5, 0.6) is 0 Å². The molecule has 0 saturated carbocycles. The molecule has 7 heteroatoms. The number of aliphatic hydroxyl groups excluding tert-OH is 1. The summed E-state index contributed by atoms with van der Waals surface area (Å²) in [5.74, 6) is -1.82. The molecule has 17 heavy (non-hydrogen) atoms. The molecule has 0 bridgehead atoms. The van der Waals surface area contributed by atoms with Crippen molar-refractivity contribution in [3.8, 4) is 0 Å². The fourth-order valence-electron chi connectivity index (χ4n) is 1.27. The summed E-state index contributed by atoms with van der Waals surface area (Å²) in [5, 5.41) is 9.37. The second-order valence-corrected chi connectivity index (χ2v) is 3.57. The molecule has 0 fully saturated rings. The van der Waals surface area contributed by atoms with Crippen LogP contribution in [0.15, 0.2) is 18.2 Å². The molecule has 3 N–H and O–H groups in total. The van der Waals surface area contributed by atoms with Crippen LogP contribution < -0.4 is 5.73 Å². The second-order valence-electron chi connectivity index (χ2n) is 3.57. The molecule has 0 aliphatic carbocycles. The zero-order chi connectivity index (χ0) is 13.2. The van der Waals surface area contributed by atoms with E-state index in [1.165, 1.54) is 0 Å². The summed E-state index contributed by atoms with van der Waals surface area (Å²) in [6.07, 6.45) is -7.42. The van der Waals surface area contributed by atoms with Crippen LogP contribution in [0.1, 0.15) is 18.1 Å². The van der Waals surface area contributed by atoms with E-state index in [9.17, 15) is 27.1 Å². The predicted octanol–water partition coefficient (Wildman–Crippen LogP) is 2.28. The summed E-state index contributed by atoms with van der Waals surface area (Å²) in [6.45, 7) is 0. The summed E-state index contributed by atoms with van der Waals surface area (Å²) in [6, 6.07) is -0.120. The molecule has 0 aromatic heterocycles.